The van der Waals surface area contributed by atoms with Crippen LogP contribution in [0.15, 0.2) is 54.6 Å². The Morgan fingerprint density at radius 3 is 1.27 bits per heavy atom. The summed E-state index contributed by atoms with van der Waals surface area (Å²) in [4.78, 5) is 0. The standard InChI is InChI=1S/C36H39B/c1-22-18-24(3)34(25(4)19-22)37(35-26(5)20-23(2)21-27(35)6)36-30(9)28(7)33(29(8)31(36)10)17-16-32-14-12-11-13-15-32/h11-15,18-21H,1-10H3. The number of hydrogen-bond donors (Lipinski definition) is 0. The zero-order valence-corrected chi connectivity index (χ0v) is 24.3. The van der Waals surface area contributed by atoms with Gasteiger partial charge in [-0.1, -0.05) is 115 Å². The minimum atomic E-state index is 0.176. The highest BCUT2D eigenvalue weighted by Gasteiger charge is 2.32. The SMILES string of the molecule is Cc1cc(C)c(B(c2c(C)cc(C)cc2C)c2c(C)c(C)c(C#Cc3ccccc3)c(C)c2C)c(C)c1. The van der Waals surface area contributed by atoms with Gasteiger partial charge in [0.1, 0.15) is 0 Å². The fourth-order valence-corrected chi connectivity index (χ4v) is 6.34. The van der Waals surface area contributed by atoms with Crippen LogP contribution in [0.4, 0.5) is 0 Å². The van der Waals surface area contributed by atoms with Crippen LogP contribution in [0, 0.1) is 81.1 Å². The molecule has 0 fully saturated rings. The fraction of sp³-hybridized carbons (Fsp3) is 0.278. The Morgan fingerprint density at radius 2 is 0.865 bits per heavy atom. The van der Waals surface area contributed by atoms with Crippen molar-refractivity contribution in [3.63, 3.8) is 0 Å². The smallest absolute Gasteiger partial charge is 0.0629 e. The molecule has 0 nitrogen and oxygen atoms in total. The average Bonchev–Trinajstić information content (AvgIpc) is 2.82. The van der Waals surface area contributed by atoms with Crippen LogP contribution in [0.3, 0.4) is 0 Å². The minimum absolute atomic E-state index is 0.176. The summed E-state index contributed by atoms with van der Waals surface area (Å²) in [5.41, 5.74) is 19.9. The van der Waals surface area contributed by atoms with Gasteiger partial charge < -0.3 is 0 Å². The molecule has 1 heteroatoms. The van der Waals surface area contributed by atoms with Gasteiger partial charge in [-0.3, -0.25) is 0 Å². The highest BCUT2D eigenvalue weighted by atomic mass is 14.2. The molecular formula is C36H39B. The molecule has 0 amide bonds. The molecule has 0 aliphatic carbocycles. The van der Waals surface area contributed by atoms with E-state index in [0.29, 0.717) is 0 Å². The normalized spacial score (nSPS) is 10.8. The van der Waals surface area contributed by atoms with E-state index in [0.717, 1.165) is 11.1 Å². The van der Waals surface area contributed by atoms with E-state index in [1.807, 2.05) is 18.2 Å². The van der Waals surface area contributed by atoms with Crippen LogP contribution in [0.25, 0.3) is 0 Å². The van der Waals surface area contributed by atoms with E-state index in [-0.39, 0.29) is 6.71 Å². The first kappa shape index (κ1) is 26.6. The second-order valence-corrected chi connectivity index (χ2v) is 11.0. The third kappa shape index (κ3) is 5.04. The van der Waals surface area contributed by atoms with Gasteiger partial charge in [0.05, 0.1) is 0 Å². The quantitative estimate of drug-likeness (QED) is 0.226. The Morgan fingerprint density at radius 1 is 0.459 bits per heavy atom. The lowest BCUT2D eigenvalue weighted by molar-refractivity contribution is 1.24. The Hall–Kier alpha value is -3.50. The zero-order chi connectivity index (χ0) is 27.0. The van der Waals surface area contributed by atoms with E-state index in [4.69, 9.17) is 0 Å². The van der Waals surface area contributed by atoms with Gasteiger partial charge in [0.2, 0.25) is 6.71 Å². The molecule has 186 valence electrons. The maximum atomic E-state index is 3.54. The van der Waals surface area contributed by atoms with Gasteiger partial charge in [-0.25, -0.2) is 0 Å². The summed E-state index contributed by atoms with van der Waals surface area (Å²) in [7, 11) is 0. The summed E-state index contributed by atoms with van der Waals surface area (Å²) in [6.45, 7) is 22.8. The maximum Gasteiger partial charge on any atom is 0.243 e. The van der Waals surface area contributed by atoms with E-state index in [1.165, 1.54) is 72.0 Å². The molecule has 0 radical (unpaired) electrons. The van der Waals surface area contributed by atoms with Gasteiger partial charge in [0.15, 0.2) is 0 Å². The van der Waals surface area contributed by atoms with Gasteiger partial charge in [-0.2, -0.15) is 0 Å². The van der Waals surface area contributed by atoms with Gasteiger partial charge in [-0.05, 0) is 92.5 Å². The van der Waals surface area contributed by atoms with E-state index in [9.17, 15) is 0 Å². The van der Waals surface area contributed by atoms with Crippen LogP contribution in [0.1, 0.15) is 66.8 Å². The van der Waals surface area contributed by atoms with Crippen molar-refractivity contribution in [3.05, 3.63) is 121 Å². The van der Waals surface area contributed by atoms with Crippen LogP contribution in [0.2, 0.25) is 0 Å². The highest BCUT2D eigenvalue weighted by molar-refractivity contribution is 6.97. The topological polar surface area (TPSA) is 0 Å². The minimum Gasteiger partial charge on any atom is -0.0629 e. The van der Waals surface area contributed by atoms with Crippen molar-refractivity contribution in [2.24, 2.45) is 0 Å². The maximum absolute atomic E-state index is 3.54. The molecule has 4 rings (SSSR count). The van der Waals surface area contributed by atoms with Gasteiger partial charge in [0, 0.05) is 11.1 Å². The number of aryl methyl sites for hydroxylation is 6. The summed E-state index contributed by atoms with van der Waals surface area (Å²) < 4.78 is 0. The van der Waals surface area contributed by atoms with Gasteiger partial charge in [-0.15, -0.1) is 0 Å². The molecule has 0 saturated carbocycles. The third-order valence-corrected chi connectivity index (χ3v) is 8.13. The van der Waals surface area contributed by atoms with Crippen molar-refractivity contribution in [3.8, 4) is 11.8 Å². The summed E-state index contributed by atoms with van der Waals surface area (Å²) >= 11 is 0. The predicted octanol–water partition coefficient (Wildman–Crippen LogP) is 6.69. The van der Waals surface area contributed by atoms with Crippen molar-refractivity contribution in [2.45, 2.75) is 69.2 Å². The lowest BCUT2D eigenvalue weighted by atomic mass is 9.32. The van der Waals surface area contributed by atoms with Crippen LogP contribution in [0.5, 0.6) is 0 Å². The first-order valence-corrected chi connectivity index (χ1v) is 13.3. The van der Waals surface area contributed by atoms with Gasteiger partial charge >= 0.3 is 0 Å². The van der Waals surface area contributed by atoms with Crippen molar-refractivity contribution in [1.82, 2.24) is 0 Å². The molecule has 37 heavy (non-hydrogen) atoms. The molecule has 0 aromatic heterocycles. The van der Waals surface area contributed by atoms with Crippen molar-refractivity contribution < 1.29 is 0 Å². The molecule has 0 atom stereocenters. The Labute approximate surface area is 225 Å². The van der Waals surface area contributed by atoms with Crippen molar-refractivity contribution in [1.29, 1.82) is 0 Å². The lowest BCUT2D eigenvalue weighted by Crippen LogP contribution is -2.57. The molecular weight excluding hydrogens is 443 g/mol. The Balaban J connectivity index is 2.06. The number of rotatable bonds is 3. The highest BCUT2D eigenvalue weighted by Crippen LogP contribution is 2.22. The lowest BCUT2D eigenvalue weighted by Gasteiger charge is -2.29. The van der Waals surface area contributed by atoms with Crippen LogP contribution in [-0.4, -0.2) is 6.71 Å². The molecule has 0 saturated heterocycles. The second kappa shape index (κ2) is 10.5. The van der Waals surface area contributed by atoms with Crippen molar-refractivity contribution in [2.75, 3.05) is 0 Å². The molecule has 0 unspecified atom stereocenters. The monoisotopic (exact) mass is 482 g/mol. The molecule has 0 heterocycles. The molecule has 4 aromatic carbocycles. The third-order valence-electron chi connectivity index (χ3n) is 8.13. The predicted molar refractivity (Wildman–Crippen MR) is 164 cm³/mol. The summed E-state index contributed by atoms with van der Waals surface area (Å²) in [5.74, 6) is 6.94. The molecule has 4 aromatic rings. The first-order valence-electron chi connectivity index (χ1n) is 13.3. The molecule has 0 aliphatic heterocycles. The summed E-state index contributed by atoms with van der Waals surface area (Å²) in [5, 5.41) is 0. The van der Waals surface area contributed by atoms with Crippen LogP contribution < -0.4 is 16.4 Å². The van der Waals surface area contributed by atoms with E-state index in [1.54, 1.807) is 0 Å². The van der Waals surface area contributed by atoms with Crippen LogP contribution in [-0.2, 0) is 0 Å². The average molecular weight is 483 g/mol. The molecule has 0 N–H and O–H groups in total. The fourth-order valence-electron chi connectivity index (χ4n) is 6.34. The van der Waals surface area contributed by atoms with E-state index < -0.39 is 0 Å². The summed E-state index contributed by atoms with van der Waals surface area (Å²) in [6, 6.07) is 19.7. The molecule has 0 aliphatic rings. The number of hydrogen-bond acceptors (Lipinski definition) is 0. The summed E-state index contributed by atoms with van der Waals surface area (Å²) in [6.07, 6.45) is 0. The molecule has 0 bridgehead atoms. The van der Waals surface area contributed by atoms with E-state index >= 15 is 0 Å². The zero-order valence-electron chi connectivity index (χ0n) is 24.3. The van der Waals surface area contributed by atoms with Crippen LogP contribution >= 0.6 is 0 Å². The van der Waals surface area contributed by atoms with Crippen molar-refractivity contribution >= 4 is 23.1 Å². The number of benzene rings is 4. The van der Waals surface area contributed by atoms with Gasteiger partial charge in [0.25, 0.3) is 0 Å². The molecule has 0 spiro atoms. The van der Waals surface area contributed by atoms with E-state index in [2.05, 4.69) is 117 Å². The Kier molecular flexibility index (Phi) is 7.52. The second-order valence-electron chi connectivity index (χ2n) is 11.0. The largest absolute Gasteiger partial charge is 0.243 e. The first-order chi connectivity index (χ1) is 17.5. The Bertz CT molecular complexity index is 1430.